The number of hydrogen-bond acceptors (Lipinski definition) is 7. The Labute approximate surface area is 149 Å². The highest BCUT2D eigenvalue weighted by Crippen LogP contribution is 1.99. The average Bonchev–Trinajstić information content (AvgIpc) is 2.54. The number of amides is 3. The standard InChI is InChI=1S/C14H24N4O8/c1-6(15)11(22)18-9(5-19)13(24)16-7(2)12(23)17-8(14(25)26)3-4-10(20)21/h6-9,19H,3-5,15H2,1-2H3,(H,16,24)(H,17,23)(H,18,22)(H,20,21)(H,25,26). The Morgan fingerprint density at radius 1 is 0.885 bits per heavy atom. The number of aliphatic hydroxyl groups is 1. The number of rotatable bonds is 11. The molecule has 0 aromatic carbocycles. The second-order valence-electron chi connectivity index (χ2n) is 5.59. The molecule has 26 heavy (non-hydrogen) atoms. The number of hydrogen-bond donors (Lipinski definition) is 7. The van der Waals surface area contributed by atoms with Crippen LogP contribution in [0.15, 0.2) is 0 Å². The van der Waals surface area contributed by atoms with Crippen LogP contribution in [0.1, 0.15) is 26.7 Å². The number of nitrogens with one attached hydrogen (secondary N) is 3. The third kappa shape index (κ3) is 8.39. The summed E-state index contributed by atoms with van der Waals surface area (Å²) in [5.41, 5.74) is 5.33. The van der Waals surface area contributed by atoms with Crippen LogP contribution in [-0.2, 0) is 24.0 Å². The number of nitrogens with two attached hydrogens (primary N) is 1. The van der Waals surface area contributed by atoms with E-state index in [2.05, 4.69) is 16.0 Å². The van der Waals surface area contributed by atoms with E-state index in [4.69, 9.17) is 21.1 Å². The highest BCUT2D eigenvalue weighted by atomic mass is 16.4. The van der Waals surface area contributed by atoms with E-state index in [1.165, 1.54) is 13.8 Å². The molecule has 0 aromatic rings. The first-order valence-corrected chi connectivity index (χ1v) is 7.71. The third-order valence-electron chi connectivity index (χ3n) is 3.24. The number of aliphatic carboxylic acids is 2. The van der Waals surface area contributed by atoms with E-state index >= 15 is 0 Å². The Hall–Kier alpha value is -2.73. The molecular formula is C14H24N4O8. The molecule has 8 N–H and O–H groups in total. The largest absolute Gasteiger partial charge is 0.481 e. The second kappa shape index (κ2) is 11.0. The molecule has 0 aromatic heterocycles. The van der Waals surface area contributed by atoms with Gasteiger partial charge in [0.05, 0.1) is 12.6 Å². The van der Waals surface area contributed by atoms with Crippen molar-refractivity contribution in [3.63, 3.8) is 0 Å². The summed E-state index contributed by atoms with van der Waals surface area (Å²) in [7, 11) is 0. The Bertz CT molecular complexity index is 551. The minimum Gasteiger partial charge on any atom is -0.481 e. The Balaban J connectivity index is 4.75. The maximum absolute atomic E-state index is 12.0. The van der Waals surface area contributed by atoms with Crippen molar-refractivity contribution >= 4 is 29.7 Å². The maximum Gasteiger partial charge on any atom is 0.326 e. The van der Waals surface area contributed by atoms with Gasteiger partial charge in [-0.25, -0.2) is 4.79 Å². The van der Waals surface area contributed by atoms with Crippen molar-refractivity contribution in [2.45, 2.75) is 50.9 Å². The minimum atomic E-state index is -1.44. The predicted octanol–water partition coefficient (Wildman–Crippen LogP) is -3.25. The van der Waals surface area contributed by atoms with Crippen LogP contribution in [0, 0.1) is 0 Å². The first kappa shape index (κ1) is 23.3. The molecule has 0 aliphatic carbocycles. The number of aliphatic hydroxyl groups excluding tert-OH is 1. The number of carboxylic acids is 2. The fraction of sp³-hybridized carbons (Fsp3) is 0.643. The molecule has 12 nitrogen and oxygen atoms in total. The Morgan fingerprint density at radius 2 is 1.42 bits per heavy atom. The van der Waals surface area contributed by atoms with Gasteiger partial charge in [-0.3, -0.25) is 19.2 Å². The van der Waals surface area contributed by atoms with Gasteiger partial charge in [0.1, 0.15) is 18.1 Å². The van der Waals surface area contributed by atoms with Crippen molar-refractivity contribution in [3.05, 3.63) is 0 Å². The van der Waals surface area contributed by atoms with Gasteiger partial charge in [-0.15, -0.1) is 0 Å². The molecule has 0 spiro atoms. The summed E-state index contributed by atoms with van der Waals surface area (Å²) in [5.74, 6) is -5.07. The molecule has 0 aliphatic rings. The van der Waals surface area contributed by atoms with Crippen LogP contribution in [0.3, 0.4) is 0 Å². The summed E-state index contributed by atoms with van der Waals surface area (Å²) in [6.07, 6.45) is -0.797. The number of carbonyl (C=O) groups is 5. The van der Waals surface area contributed by atoms with Gasteiger partial charge in [0.25, 0.3) is 0 Å². The van der Waals surface area contributed by atoms with Gasteiger partial charge < -0.3 is 37.0 Å². The summed E-state index contributed by atoms with van der Waals surface area (Å²) in [4.78, 5) is 57.0. The topological polar surface area (TPSA) is 208 Å². The first-order chi connectivity index (χ1) is 12.0. The maximum atomic E-state index is 12.0. The van der Waals surface area contributed by atoms with Crippen LogP contribution in [0.5, 0.6) is 0 Å². The predicted molar refractivity (Wildman–Crippen MR) is 86.7 cm³/mol. The Kier molecular flexibility index (Phi) is 9.84. The minimum absolute atomic E-state index is 0.333. The lowest BCUT2D eigenvalue weighted by Crippen LogP contribution is -2.57. The molecule has 4 atom stereocenters. The van der Waals surface area contributed by atoms with Crippen LogP contribution in [0.25, 0.3) is 0 Å². The molecule has 0 saturated carbocycles. The van der Waals surface area contributed by atoms with Gasteiger partial charge in [0.15, 0.2) is 0 Å². The molecule has 0 aliphatic heterocycles. The van der Waals surface area contributed by atoms with Crippen molar-refractivity contribution in [3.8, 4) is 0 Å². The van der Waals surface area contributed by atoms with Crippen molar-refractivity contribution in [1.29, 1.82) is 0 Å². The second-order valence-corrected chi connectivity index (χ2v) is 5.59. The van der Waals surface area contributed by atoms with E-state index in [0.717, 1.165) is 0 Å². The molecular weight excluding hydrogens is 352 g/mol. The molecule has 0 radical (unpaired) electrons. The average molecular weight is 376 g/mol. The fourth-order valence-electron chi connectivity index (χ4n) is 1.70. The number of carbonyl (C=O) groups excluding carboxylic acids is 3. The van der Waals surface area contributed by atoms with Gasteiger partial charge in [-0.1, -0.05) is 0 Å². The van der Waals surface area contributed by atoms with Crippen LogP contribution in [-0.4, -0.2) is 75.8 Å². The smallest absolute Gasteiger partial charge is 0.326 e. The highest BCUT2D eigenvalue weighted by molar-refractivity contribution is 5.93. The van der Waals surface area contributed by atoms with E-state index in [-0.39, 0.29) is 6.42 Å². The first-order valence-electron chi connectivity index (χ1n) is 7.71. The summed E-state index contributed by atoms with van der Waals surface area (Å²) >= 11 is 0. The summed E-state index contributed by atoms with van der Waals surface area (Å²) in [5, 5.41) is 33.2. The molecule has 0 heterocycles. The van der Waals surface area contributed by atoms with Crippen molar-refractivity contribution < 1.29 is 39.3 Å². The van der Waals surface area contributed by atoms with E-state index in [1.807, 2.05) is 0 Å². The molecule has 148 valence electrons. The van der Waals surface area contributed by atoms with Gasteiger partial charge in [0.2, 0.25) is 17.7 Å². The molecule has 3 amide bonds. The van der Waals surface area contributed by atoms with E-state index in [0.29, 0.717) is 0 Å². The zero-order valence-corrected chi connectivity index (χ0v) is 14.4. The zero-order chi connectivity index (χ0) is 20.4. The summed E-state index contributed by atoms with van der Waals surface area (Å²) in [6, 6.07) is -4.89. The molecule has 0 fully saturated rings. The zero-order valence-electron chi connectivity index (χ0n) is 14.4. The summed E-state index contributed by atoms with van der Waals surface area (Å²) < 4.78 is 0. The molecule has 4 unspecified atom stereocenters. The van der Waals surface area contributed by atoms with E-state index in [9.17, 15) is 24.0 Å². The molecule has 0 bridgehead atoms. The van der Waals surface area contributed by atoms with E-state index < -0.39 is 66.9 Å². The highest BCUT2D eigenvalue weighted by Gasteiger charge is 2.27. The third-order valence-corrected chi connectivity index (χ3v) is 3.24. The lowest BCUT2D eigenvalue weighted by Gasteiger charge is -2.21. The lowest BCUT2D eigenvalue weighted by atomic mass is 10.1. The van der Waals surface area contributed by atoms with Crippen LogP contribution < -0.4 is 21.7 Å². The van der Waals surface area contributed by atoms with Gasteiger partial charge in [0, 0.05) is 6.42 Å². The van der Waals surface area contributed by atoms with Crippen LogP contribution in [0.2, 0.25) is 0 Å². The van der Waals surface area contributed by atoms with Crippen LogP contribution >= 0.6 is 0 Å². The van der Waals surface area contributed by atoms with Gasteiger partial charge in [-0.05, 0) is 20.3 Å². The quantitative estimate of drug-likeness (QED) is 0.193. The SMILES string of the molecule is CC(N)C(=O)NC(CO)C(=O)NC(C)C(=O)NC(CCC(=O)O)C(=O)O. The molecule has 0 rings (SSSR count). The summed E-state index contributed by atoms with van der Waals surface area (Å²) in [6.45, 7) is 1.89. The number of carboxylic acid groups (broad SMARTS) is 2. The molecule has 12 heteroatoms. The lowest BCUT2D eigenvalue weighted by molar-refractivity contribution is -0.143. The van der Waals surface area contributed by atoms with Gasteiger partial charge in [-0.2, -0.15) is 0 Å². The van der Waals surface area contributed by atoms with Crippen molar-refractivity contribution in [2.75, 3.05) is 6.61 Å². The van der Waals surface area contributed by atoms with E-state index in [1.54, 1.807) is 0 Å². The van der Waals surface area contributed by atoms with Crippen molar-refractivity contribution in [2.24, 2.45) is 5.73 Å². The normalized spacial score (nSPS) is 15.1. The van der Waals surface area contributed by atoms with Crippen molar-refractivity contribution in [1.82, 2.24) is 16.0 Å². The monoisotopic (exact) mass is 376 g/mol. The molecule has 0 saturated heterocycles. The fourth-order valence-corrected chi connectivity index (χ4v) is 1.70. The van der Waals surface area contributed by atoms with Crippen LogP contribution in [0.4, 0.5) is 0 Å². The van der Waals surface area contributed by atoms with Gasteiger partial charge >= 0.3 is 11.9 Å². The Morgan fingerprint density at radius 3 is 1.85 bits per heavy atom.